The maximum atomic E-state index is 12.0. The predicted octanol–water partition coefficient (Wildman–Crippen LogP) is 2.18. The molecule has 2 rings (SSSR count). The third-order valence-electron chi connectivity index (χ3n) is 3.34. The summed E-state index contributed by atoms with van der Waals surface area (Å²) in [4.78, 5) is 12.9. The van der Waals surface area contributed by atoms with E-state index in [-0.39, 0.29) is 19.0 Å². The van der Waals surface area contributed by atoms with Crippen molar-refractivity contribution in [1.82, 2.24) is 5.32 Å². The van der Waals surface area contributed by atoms with Gasteiger partial charge in [-0.3, -0.25) is 9.10 Å². The number of aryl methyl sites for hydroxylation is 1. The SMILES string of the molecule is Cc1ccccc1N(CCNC(=O)Cc1cccs1)S(C)(=O)=O. The Hall–Kier alpha value is -1.86. The van der Waals surface area contributed by atoms with Crippen molar-refractivity contribution in [2.24, 2.45) is 0 Å². The zero-order valence-electron chi connectivity index (χ0n) is 13.2. The van der Waals surface area contributed by atoms with Gasteiger partial charge in [-0.15, -0.1) is 11.3 Å². The molecule has 124 valence electrons. The standard InChI is InChI=1S/C16H20N2O3S2/c1-13-6-3-4-8-15(13)18(23(2,20)21)10-9-17-16(19)12-14-7-5-11-22-14/h3-8,11H,9-10,12H2,1-2H3,(H,17,19). The van der Waals surface area contributed by atoms with E-state index in [1.807, 2.05) is 36.6 Å². The first-order valence-corrected chi connectivity index (χ1v) is 9.93. The van der Waals surface area contributed by atoms with E-state index in [1.165, 1.54) is 21.9 Å². The number of carbonyl (C=O) groups is 1. The van der Waals surface area contributed by atoms with Crippen LogP contribution in [0.2, 0.25) is 0 Å². The molecular formula is C16H20N2O3S2. The third-order valence-corrected chi connectivity index (χ3v) is 5.39. The number of sulfonamides is 1. The number of anilines is 1. The summed E-state index contributed by atoms with van der Waals surface area (Å²) in [5.41, 5.74) is 1.52. The molecule has 1 amide bonds. The maximum Gasteiger partial charge on any atom is 0.232 e. The molecule has 0 aliphatic carbocycles. The molecule has 1 heterocycles. The Balaban J connectivity index is 1.97. The fraction of sp³-hybridized carbons (Fsp3) is 0.312. The number of hydrogen-bond acceptors (Lipinski definition) is 4. The molecule has 0 saturated heterocycles. The zero-order valence-corrected chi connectivity index (χ0v) is 14.8. The van der Waals surface area contributed by atoms with Crippen LogP contribution in [0.4, 0.5) is 5.69 Å². The predicted molar refractivity (Wildman–Crippen MR) is 94.4 cm³/mol. The minimum absolute atomic E-state index is 0.106. The largest absolute Gasteiger partial charge is 0.354 e. The van der Waals surface area contributed by atoms with Gasteiger partial charge in [0.05, 0.1) is 24.9 Å². The van der Waals surface area contributed by atoms with Gasteiger partial charge in [0, 0.05) is 11.4 Å². The van der Waals surface area contributed by atoms with E-state index >= 15 is 0 Å². The maximum absolute atomic E-state index is 12.0. The van der Waals surface area contributed by atoms with E-state index in [4.69, 9.17) is 0 Å². The first kappa shape index (κ1) is 17.5. The molecule has 5 nitrogen and oxygen atoms in total. The molecule has 0 atom stereocenters. The van der Waals surface area contributed by atoms with Crippen LogP contribution < -0.4 is 9.62 Å². The molecule has 2 aromatic rings. The molecule has 0 bridgehead atoms. The number of hydrogen-bond donors (Lipinski definition) is 1. The third kappa shape index (κ3) is 5.07. The number of rotatable bonds is 7. The lowest BCUT2D eigenvalue weighted by molar-refractivity contribution is -0.120. The van der Waals surface area contributed by atoms with Gasteiger partial charge in [0.1, 0.15) is 0 Å². The zero-order chi connectivity index (χ0) is 16.9. The van der Waals surface area contributed by atoms with Crippen LogP contribution in [-0.2, 0) is 21.2 Å². The molecule has 0 spiro atoms. The molecule has 7 heteroatoms. The molecule has 0 radical (unpaired) electrons. The van der Waals surface area contributed by atoms with Gasteiger partial charge in [-0.25, -0.2) is 8.42 Å². The number of amides is 1. The minimum atomic E-state index is -3.40. The van der Waals surface area contributed by atoms with Gasteiger partial charge >= 0.3 is 0 Å². The fourth-order valence-electron chi connectivity index (χ4n) is 2.24. The lowest BCUT2D eigenvalue weighted by Gasteiger charge is -2.24. The van der Waals surface area contributed by atoms with Crippen LogP contribution in [0.3, 0.4) is 0 Å². The summed E-state index contributed by atoms with van der Waals surface area (Å²) < 4.78 is 25.4. The summed E-state index contributed by atoms with van der Waals surface area (Å²) in [7, 11) is -3.40. The molecule has 0 saturated carbocycles. The van der Waals surface area contributed by atoms with E-state index in [2.05, 4.69) is 5.32 Å². The van der Waals surface area contributed by atoms with Crippen LogP contribution in [0.25, 0.3) is 0 Å². The molecule has 23 heavy (non-hydrogen) atoms. The van der Waals surface area contributed by atoms with Gasteiger partial charge in [0.15, 0.2) is 0 Å². The van der Waals surface area contributed by atoms with Crippen molar-refractivity contribution in [3.8, 4) is 0 Å². The number of carbonyl (C=O) groups excluding carboxylic acids is 1. The molecule has 1 aromatic carbocycles. The summed E-state index contributed by atoms with van der Waals surface area (Å²) in [6, 6.07) is 11.1. The molecule has 1 N–H and O–H groups in total. The second kappa shape index (κ2) is 7.61. The van der Waals surface area contributed by atoms with Crippen LogP contribution >= 0.6 is 11.3 Å². The number of thiophene rings is 1. The van der Waals surface area contributed by atoms with E-state index in [9.17, 15) is 13.2 Å². The lowest BCUT2D eigenvalue weighted by Crippen LogP contribution is -2.38. The highest BCUT2D eigenvalue weighted by Crippen LogP contribution is 2.21. The van der Waals surface area contributed by atoms with Gasteiger partial charge < -0.3 is 5.32 Å². The Bertz CT molecular complexity index is 755. The van der Waals surface area contributed by atoms with Crippen molar-refractivity contribution in [3.05, 3.63) is 52.2 Å². The van der Waals surface area contributed by atoms with Crippen molar-refractivity contribution in [2.45, 2.75) is 13.3 Å². The Morgan fingerprint density at radius 2 is 1.96 bits per heavy atom. The minimum Gasteiger partial charge on any atom is -0.354 e. The summed E-state index contributed by atoms with van der Waals surface area (Å²) in [6.45, 7) is 2.34. The smallest absolute Gasteiger partial charge is 0.232 e. The highest BCUT2D eigenvalue weighted by molar-refractivity contribution is 7.92. The van der Waals surface area contributed by atoms with Crippen molar-refractivity contribution in [3.63, 3.8) is 0 Å². The van der Waals surface area contributed by atoms with Crippen LogP contribution in [0, 0.1) is 6.92 Å². The summed E-state index contributed by atoms with van der Waals surface area (Å²) in [6.07, 6.45) is 1.49. The molecule has 0 fully saturated rings. The van der Waals surface area contributed by atoms with Crippen LogP contribution in [0.5, 0.6) is 0 Å². The molecule has 1 aromatic heterocycles. The van der Waals surface area contributed by atoms with Gasteiger partial charge in [0.25, 0.3) is 0 Å². The van der Waals surface area contributed by atoms with Crippen molar-refractivity contribution in [2.75, 3.05) is 23.7 Å². The number of para-hydroxylation sites is 1. The molecule has 0 aliphatic heterocycles. The van der Waals surface area contributed by atoms with Gasteiger partial charge in [-0.1, -0.05) is 24.3 Å². The van der Waals surface area contributed by atoms with Crippen molar-refractivity contribution >= 4 is 33.0 Å². The van der Waals surface area contributed by atoms with Gasteiger partial charge in [-0.2, -0.15) is 0 Å². The quantitative estimate of drug-likeness (QED) is 0.830. The highest BCUT2D eigenvalue weighted by Gasteiger charge is 2.18. The van der Waals surface area contributed by atoms with Gasteiger partial charge in [0.2, 0.25) is 15.9 Å². The Kier molecular flexibility index (Phi) is 5.79. The fourth-order valence-corrected chi connectivity index (χ4v) is 3.93. The van der Waals surface area contributed by atoms with Gasteiger partial charge in [-0.05, 0) is 30.0 Å². The van der Waals surface area contributed by atoms with Crippen LogP contribution in [0.15, 0.2) is 41.8 Å². The monoisotopic (exact) mass is 352 g/mol. The summed E-state index contributed by atoms with van der Waals surface area (Å²) in [5.74, 6) is -0.106. The number of nitrogens with one attached hydrogen (secondary N) is 1. The van der Waals surface area contributed by atoms with E-state index in [0.717, 1.165) is 10.4 Å². The number of benzene rings is 1. The second-order valence-corrected chi connectivity index (χ2v) is 8.17. The number of nitrogens with zero attached hydrogens (tertiary/aromatic N) is 1. The highest BCUT2D eigenvalue weighted by atomic mass is 32.2. The van der Waals surface area contributed by atoms with Crippen molar-refractivity contribution in [1.29, 1.82) is 0 Å². The molecule has 0 unspecified atom stereocenters. The van der Waals surface area contributed by atoms with Crippen LogP contribution in [0.1, 0.15) is 10.4 Å². The lowest BCUT2D eigenvalue weighted by atomic mass is 10.2. The normalized spacial score (nSPS) is 11.2. The summed E-state index contributed by atoms with van der Waals surface area (Å²) in [5, 5.41) is 4.70. The van der Waals surface area contributed by atoms with Crippen LogP contribution in [-0.4, -0.2) is 33.7 Å². The molecule has 0 aliphatic rings. The van der Waals surface area contributed by atoms with E-state index < -0.39 is 10.0 Å². The Morgan fingerprint density at radius 1 is 1.22 bits per heavy atom. The Morgan fingerprint density at radius 3 is 2.57 bits per heavy atom. The average molecular weight is 352 g/mol. The topological polar surface area (TPSA) is 66.5 Å². The second-order valence-electron chi connectivity index (χ2n) is 5.23. The molecular weight excluding hydrogens is 332 g/mol. The van der Waals surface area contributed by atoms with E-state index in [1.54, 1.807) is 12.1 Å². The van der Waals surface area contributed by atoms with Crippen molar-refractivity contribution < 1.29 is 13.2 Å². The summed E-state index contributed by atoms with van der Waals surface area (Å²) >= 11 is 1.53. The van der Waals surface area contributed by atoms with E-state index in [0.29, 0.717) is 12.1 Å². The Labute approximate surface area is 141 Å². The average Bonchev–Trinajstić information content (AvgIpc) is 2.96. The first-order valence-electron chi connectivity index (χ1n) is 7.20. The first-order chi connectivity index (χ1) is 10.9.